The lowest BCUT2D eigenvalue weighted by molar-refractivity contribution is -0.137. The first-order valence-corrected chi connectivity index (χ1v) is 11.9. The number of likely N-dealkylation sites (N-methyl/N-ethyl adjacent to an activating group) is 1. The van der Waals surface area contributed by atoms with Crippen LogP contribution in [0, 0.1) is 11.8 Å². The van der Waals surface area contributed by atoms with Crippen molar-refractivity contribution in [2.75, 3.05) is 26.4 Å². The van der Waals surface area contributed by atoms with Gasteiger partial charge in [-0.3, -0.25) is 24.1 Å². The summed E-state index contributed by atoms with van der Waals surface area (Å²) < 4.78 is 6.98. The molecule has 2 fully saturated rings. The molecule has 0 unspecified atom stereocenters. The van der Waals surface area contributed by atoms with Gasteiger partial charge in [-0.2, -0.15) is 0 Å². The number of nitrogens with zero attached hydrogens (tertiary/aromatic N) is 7. The number of aliphatic hydroxyl groups excluding tert-OH is 2. The Bertz CT molecular complexity index is 1350. The highest BCUT2D eigenvalue weighted by Crippen LogP contribution is 2.32. The van der Waals surface area contributed by atoms with Gasteiger partial charge in [0.05, 0.1) is 18.4 Å². The van der Waals surface area contributed by atoms with E-state index in [1.807, 2.05) is 0 Å². The van der Waals surface area contributed by atoms with Gasteiger partial charge in [0.25, 0.3) is 11.8 Å². The summed E-state index contributed by atoms with van der Waals surface area (Å²) in [7, 11) is 2.96. The van der Waals surface area contributed by atoms with Gasteiger partial charge in [-0.15, -0.1) is 0 Å². The number of hydrogen-bond acceptors (Lipinski definition) is 11. The monoisotopic (exact) mass is 523 g/mol. The predicted octanol–water partition coefficient (Wildman–Crippen LogP) is -1.21. The van der Waals surface area contributed by atoms with Crippen molar-refractivity contribution in [3.63, 3.8) is 0 Å². The standard InChI is InChI=1S/C24H29N9O5/c1-26-10-13(11-27-2)23(37)32(14-6-4-7-14)9-5-8-15-30-20(25)16-21(31-15)33(12-29-16)24-18(35)17(34)19(38-24)22(36)28-3/h10-12,14,17-19,24,34-35H,1,4,6-7,9H2,2-3H3,(H,28,36)(H2,25,30,31)/b13-10+,27-11?/t17-,18+,19-,24+/m0/s1. The van der Waals surface area contributed by atoms with Crippen LogP contribution in [0.2, 0.25) is 0 Å². The number of carbonyl (C=O) groups excluding carboxylic acids is 2. The third-order valence-electron chi connectivity index (χ3n) is 6.44. The Morgan fingerprint density at radius 1 is 1.37 bits per heavy atom. The van der Waals surface area contributed by atoms with Crippen LogP contribution in [-0.2, 0) is 14.3 Å². The molecule has 14 nitrogen and oxygen atoms in total. The first kappa shape index (κ1) is 26.9. The number of nitrogen functional groups attached to an aromatic ring is 1. The van der Waals surface area contributed by atoms with Crippen molar-refractivity contribution in [3.8, 4) is 11.8 Å². The molecule has 1 saturated carbocycles. The van der Waals surface area contributed by atoms with E-state index in [2.05, 4.69) is 48.8 Å². The molecule has 0 radical (unpaired) electrons. The summed E-state index contributed by atoms with van der Waals surface area (Å²) in [6, 6.07) is 0.0471. The van der Waals surface area contributed by atoms with Crippen molar-refractivity contribution in [1.29, 1.82) is 0 Å². The number of rotatable bonds is 7. The van der Waals surface area contributed by atoms with E-state index in [1.54, 1.807) is 11.9 Å². The van der Waals surface area contributed by atoms with E-state index in [1.165, 1.54) is 30.4 Å². The van der Waals surface area contributed by atoms with Crippen LogP contribution in [0.15, 0.2) is 28.1 Å². The van der Waals surface area contributed by atoms with Crippen molar-refractivity contribution in [2.24, 2.45) is 9.98 Å². The second-order valence-corrected chi connectivity index (χ2v) is 8.77. The maximum absolute atomic E-state index is 13.1. The molecule has 5 N–H and O–H groups in total. The van der Waals surface area contributed by atoms with E-state index >= 15 is 0 Å². The molecule has 3 heterocycles. The topological polar surface area (TPSA) is 193 Å². The predicted molar refractivity (Wildman–Crippen MR) is 138 cm³/mol. The lowest BCUT2D eigenvalue weighted by Crippen LogP contribution is -2.45. The number of ether oxygens (including phenoxy) is 1. The van der Waals surface area contributed by atoms with Gasteiger partial charge in [0.15, 0.2) is 23.8 Å². The Hall–Kier alpha value is -4.19. The maximum Gasteiger partial charge on any atom is 0.258 e. The molecule has 1 aliphatic heterocycles. The fourth-order valence-electron chi connectivity index (χ4n) is 4.24. The first-order chi connectivity index (χ1) is 18.3. The number of amides is 2. The minimum atomic E-state index is -1.46. The molecule has 4 rings (SSSR count). The third-order valence-corrected chi connectivity index (χ3v) is 6.44. The van der Waals surface area contributed by atoms with Gasteiger partial charge in [0.2, 0.25) is 5.82 Å². The van der Waals surface area contributed by atoms with Gasteiger partial charge >= 0.3 is 0 Å². The number of aliphatic hydroxyl groups is 2. The van der Waals surface area contributed by atoms with E-state index in [9.17, 15) is 19.8 Å². The average molecular weight is 524 g/mol. The van der Waals surface area contributed by atoms with Crippen LogP contribution in [0.5, 0.6) is 0 Å². The number of imidazole rings is 1. The van der Waals surface area contributed by atoms with E-state index in [0.29, 0.717) is 5.57 Å². The number of aromatic nitrogens is 4. The van der Waals surface area contributed by atoms with Crippen molar-refractivity contribution in [2.45, 2.75) is 49.8 Å². The lowest BCUT2D eigenvalue weighted by Gasteiger charge is -2.36. The minimum Gasteiger partial charge on any atom is -0.387 e. The quantitative estimate of drug-likeness (QED) is 0.196. The molecule has 0 bridgehead atoms. The lowest BCUT2D eigenvalue weighted by atomic mass is 9.91. The summed E-state index contributed by atoms with van der Waals surface area (Å²) in [4.78, 5) is 47.2. The van der Waals surface area contributed by atoms with Crippen molar-refractivity contribution < 1.29 is 24.5 Å². The number of carbonyl (C=O) groups is 2. The molecule has 2 aliphatic rings. The highest BCUT2D eigenvalue weighted by Gasteiger charge is 2.47. The smallest absolute Gasteiger partial charge is 0.258 e. The molecular formula is C24H29N9O5. The van der Waals surface area contributed by atoms with Gasteiger partial charge in [0.1, 0.15) is 17.7 Å². The Kier molecular flexibility index (Phi) is 8.10. The van der Waals surface area contributed by atoms with E-state index < -0.39 is 30.4 Å². The van der Waals surface area contributed by atoms with E-state index in [-0.39, 0.29) is 41.3 Å². The van der Waals surface area contributed by atoms with Crippen molar-refractivity contribution in [3.05, 3.63) is 23.9 Å². The van der Waals surface area contributed by atoms with Crippen LogP contribution in [0.1, 0.15) is 31.3 Å². The molecule has 2 aromatic rings. The largest absolute Gasteiger partial charge is 0.387 e. The molecule has 38 heavy (non-hydrogen) atoms. The zero-order valence-corrected chi connectivity index (χ0v) is 21.0. The first-order valence-electron chi connectivity index (χ1n) is 11.9. The summed E-state index contributed by atoms with van der Waals surface area (Å²) in [5.74, 6) is 5.05. The van der Waals surface area contributed by atoms with E-state index in [0.717, 1.165) is 19.3 Å². The SMILES string of the molecule is C=N/C=C(\C=NC)C(=O)N(CC#Cc1nc(N)c2ncn([C@@H]3O[C@H](C(=O)NC)[C@@H](O)[C@H]3O)c2n1)C1CCC1. The van der Waals surface area contributed by atoms with Gasteiger partial charge < -0.3 is 30.9 Å². The molecular weight excluding hydrogens is 494 g/mol. The molecule has 0 spiro atoms. The summed E-state index contributed by atoms with van der Waals surface area (Å²) in [5, 5.41) is 23.2. The number of aliphatic imine (C=N–C) groups is 2. The molecule has 2 aromatic heterocycles. The van der Waals surface area contributed by atoms with Crippen molar-refractivity contribution >= 4 is 41.7 Å². The Balaban J connectivity index is 1.61. The zero-order chi connectivity index (χ0) is 27.4. The van der Waals surface area contributed by atoms with Gasteiger partial charge in [-0.25, -0.2) is 15.0 Å². The highest BCUT2D eigenvalue weighted by atomic mass is 16.6. The van der Waals surface area contributed by atoms with Crippen LogP contribution in [0.25, 0.3) is 11.2 Å². The Morgan fingerprint density at radius 3 is 2.76 bits per heavy atom. The van der Waals surface area contributed by atoms with Gasteiger partial charge in [-0.1, -0.05) is 5.92 Å². The van der Waals surface area contributed by atoms with Gasteiger partial charge in [-0.05, 0) is 31.9 Å². The number of nitrogens with one attached hydrogen (secondary N) is 1. The summed E-state index contributed by atoms with van der Waals surface area (Å²) >= 11 is 0. The Morgan fingerprint density at radius 2 is 2.13 bits per heavy atom. The maximum atomic E-state index is 13.1. The van der Waals surface area contributed by atoms with Crippen LogP contribution < -0.4 is 11.1 Å². The molecule has 4 atom stereocenters. The average Bonchev–Trinajstić information content (AvgIpc) is 3.42. The van der Waals surface area contributed by atoms with Gasteiger partial charge in [0, 0.05) is 32.6 Å². The minimum absolute atomic E-state index is 0.0438. The second kappa shape index (κ2) is 11.5. The van der Waals surface area contributed by atoms with Crippen LogP contribution in [-0.4, -0.2) is 104 Å². The third kappa shape index (κ3) is 5.12. The normalized spacial score (nSPS) is 23.6. The zero-order valence-electron chi connectivity index (χ0n) is 21.0. The number of hydrogen-bond donors (Lipinski definition) is 4. The molecule has 0 aromatic carbocycles. The highest BCUT2D eigenvalue weighted by molar-refractivity contribution is 6.12. The molecule has 14 heteroatoms. The molecule has 1 aliphatic carbocycles. The van der Waals surface area contributed by atoms with Crippen molar-refractivity contribution in [1.82, 2.24) is 29.7 Å². The summed E-state index contributed by atoms with van der Waals surface area (Å²) in [5.41, 5.74) is 6.81. The number of fused-ring (bicyclic) bond motifs is 1. The van der Waals surface area contributed by atoms with Crippen LogP contribution in [0.3, 0.4) is 0 Å². The second-order valence-electron chi connectivity index (χ2n) is 8.77. The number of nitrogens with two attached hydrogens (primary N) is 1. The van der Waals surface area contributed by atoms with E-state index in [4.69, 9.17) is 10.5 Å². The Labute approximate surface area is 218 Å². The molecule has 2 amide bonds. The van der Waals surface area contributed by atoms with Crippen LogP contribution in [0.4, 0.5) is 5.82 Å². The van der Waals surface area contributed by atoms with Crippen LogP contribution >= 0.6 is 0 Å². The summed E-state index contributed by atoms with van der Waals surface area (Å²) in [6.45, 7) is 3.53. The molecule has 1 saturated heterocycles. The summed E-state index contributed by atoms with van der Waals surface area (Å²) in [6.07, 6.45) is 1.56. The number of anilines is 1. The fourth-order valence-corrected chi connectivity index (χ4v) is 4.24. The fraction of sp³-hybridized carbons (Fsp3) is 0.458. The molecule has 200 valence electrons.